The largest absolute Gasteiger partial charge is 0.299 e. The number of hydrogen-bond acceptors (Lipinski definition) is 2. The molecule has 2 nitrogen and oxygen atoms in total. The fraction of sp³-hybridized carbons (Fsp3) is 0.833. The molecule has 3 heteroatoms. The molecule has 0 aliphatic carbocycles. The fourth-order valence-electron chi connectivity index (χ4n) is 1.62. The van der Waals surface area contributed by atoms with Crippen molar-refractivity contribution in [2.24, 2.45) is 5.92 Å². The molecule has 0 amide bonds. The third kappa shape index (κ3) is 5.93. The molecular formula is C12H21ClO2. The summed E-state index contributed by atoms with van der Waals surface area (Å²) in [7, 11) is 0. The van der Waals surface area contributed by atoms with E-state index in [0.717, 1.165) is 19.3 Å². The molecule has 15 heavy (non-hydrogen) atoms. The first-order chi connectivity index (χ1) is 7.17. The van der Waals surface area contributed by atoms with Crippen molar-refractivity contribution in [3.8, 4) is 0 Å². The highest BCUT2D eigenvalue weighted by molar-refractivity contribution is 6.17. The van der Waals surface area contributed by atoms with Crippen LogP contribution in [-0.4, -0.2) is 17.4 Å². The van der Waals surface area contributed by atoms with E-state index in [1.54, 1.807) is 0 Å². The highest BCUT2D eigenvalue weighted by Gasteiger charge is 2.23. The summed E-state index contributed by atoms with van der Waals surface area (Å²) in [6.45, 7) is 3.92. The topological polar surface area (TPSA) is 34.1 Å². The Hall–Kier alpha value is -0.370. The molecule has 0 heterocycles. The molecule has 0 aliphatic heterocycles. The van der Waals surface area contributed by atoms with E-state index in [0.29, 0.717) is 25.1 Å². The van der Waals surface area contributed by atoms with Crippen molar-refractivity contribution in [3.05, 3.63) is 0 Å². The van der Waals surface area contributed by atoms with Crippen molar-refractivity contribution >= 4 is 23.2 Å². The van der Waals surface area contributed by atoms with Crippen LogP contribution in [0.2, 0.25) is 0 Å². The quantitative estimate of drug-likeness (QED) is 0.451. The van der Waals surface area contributed by atoms with E-state index < -0.39 is 0 Å². The SMILES string of the molecule is CCCC(=O)C(CCCCl)C(=O)CCC. The lowest BCUT2D eigenvalue weighted by molar-refractivity contribution is -0.133. The van der Waals surface area contributed by atoms with Crippen LogP contribution in [0.3, 0.4) is 0 Å². The van der Waals surface area contributed by atoms with Gasteiger partial charge in [0.05, 0.1) is 5.92 Å². The minimum Gasteiger partial charge on any atom is -0.299 e. The lowest BCUT2D eigenvalue weighted by Gasteiger charge is -2.13. The van der Waals surface area contributed by atoms with E-state index in [-0.39, 0.29) is 17.5 Å². The molecule has 0 atom stereocenters. The van der Waals surface area contributed by atoms with Crippen molar-refractivity contribution in [3.63, 3.8) is 0 Å². The highest BCUT2D eigenvalue weighted by atomic mass is 35.5. The van der Waals surface area contributed by atoms with E-state index in [2.05, 4.69) is 0 Å². The number of carbonyl (C=O) groups excluding carboxylic acids is 2. The first-order valence-electron chi connectivity index (χ1n) is 5.78. The molecule has 0 aliphatic rings. The van der Waals surface area contributed by atoms with Crippen LogP contribution >= 0.6 is 11.6 Å². The average molecular weight is 233 g/mol. The minimum absolute atomic E-state index is 0.0982. The number of ketones is 2. The summed E-state index contributed by atoms with van der Waals surface area (Å²) in [5.74, 6) is 0.334. The molecule has 88 valence electrons. The maximum Gasteiger partial charge on any atom is 0.143 e. The van der Waals surface area contributed by atoms with Gasteiger partial charge in [-0.25, -0.2) is 0 Å². The highest BCUT2D eigenvalue weighted by Crippen LogP contribution is 2.15. The molecule has 0 saturated carbocycles. The summed E-state index contributed by atoms with van der Waals surface area (Å²) in [5.41, 5.74) is 0. The summed E-state index contributed by atoms with van der Waals surface area (Å²) in [4.78, 5) is 23.4. The Labute approximate surface area is 97.4 Å². The fourth-order valence-corrected chi connectivity index (χ4v) is 1.78. The second-order valence-corrected chi connectivity index (χ2v) is 4.19. The van der Waals surface area contributed by atoms with Crippen LogP contribution in [0.4, 0.5) is 0 Å². The number of halogens is 1. The lowest BCUT2D eigenvalue weighted by Crippen LogP contribution is -2.24. The molecule has 0 N–H and O–H groups in total. The van der Waals surface area contributed by atoms with Crippen molar-refractivity contribution in [2.45, 2.75) is 52.4 Å². The normalized spacial score (nSPS) is 10.7. The van der Waals surface area contributed by atoms with Crippen LogP contribution in [-0.2, 0) is 9.59 Å². The molecule has 0 aromatic rings. The lowest BCUT2D eigenvalue weighted by atomic mass is 9.89. The monoisotopic (exact) mass is 232 g/mol. The maximum absolute atomic E-state index is 11.7. The van der Waals surface area contributed by atoms with Gasteiger partial charge in [0, 0.05) is 18.7 Å². The third-order valence-electron chi connectivity index (χ3n) is 2.40. The van der Waals surface area contributed by atoms with Gasteiger partial charge in [-0.15, -0.1) is 11.6 Å². The van der Waals surface area contributed by atoms with E-state index in [9.17, 15) is 9.59 Å². The molecule has 0 unspecified atom stereocenters. The minimum atomic E-state index is -0.386. The van der Waals surface area contributed by atoms with Gasteiger partial charge >= 0.3 is 0 Å². The second kappa shape index (κ2) is 8.90. The van der Waals surface area contributed by atoms with Crippen LogP contribution < -0.4 is 0 Å². The second-order valence-electron chi connectivity index (χ2n) is 3.82. The molecule has 0 bridgehead atoms. The predicted octanol–water partition coefficient (Wildman–Crippen LogP) is 3.36. The van der Waals surface area contributed by atoms with Crippen LogP contribution in [0.15, 0.2) is 0 Å². The van der Waals surface area contributed by atoms with Gasteiger partial charge in [0.25, 0.3) is 0 Å². The first-order valence-corrected chi connectivity index (χ1v) is 6.32. The zero-order chi connectivity index (χ0) is 11.7. The number of hydrogen-bond donors (Lipinski definition) is 0. The third-order valence-corrected chi connectivity index (χ3v) is 2.66. The van der Waals surface area contributed by atoms with E-state index in [4.69, 9.17) is 11.6 Å². The average Bonchev–Trinajstić information content (AvgIpc) is 2.19. The van der Waals surface area contributed by atoms with Crippen LogP contribution in [0, 0.1) is 5.92 Å². The zero-order valence-corrected chi connectivity index (χ0v) is 10.5. The van der Waals surface area contributed by atoms with E-state index >= 15 is 0 Å². The molecule has 0 spiro atoms. The Morgan fingerprint density at radius 3 is 1.87 bits per heavy atom. The van der Waals surface area contributed by atoms with Gasteiger partial charge in [-0.3, -0.25) is 9.59 Å². The first kappa shape index (κ1) is 14.6. The van der Waals surface area contributed by atoms with E-state index in [1.165, 1.54) is 0 Å². The van der Waals surface area contributed by atoms with E-state index in [1.807, 2.05) is 13.8 Å². The van der Waals surface area contributed by atoms with Gasteiger partial charge in [-0.05, 0) is 25.7 Å². The van der Waals surface area contributed by atoms with Crippen molar-refractivity contribution < 1.29 is 9.59 Å². The van der Waals surface area contributed by atoms with Gasteiger partial charge in [0.15, 0.2) is 0 Å². The molecule has 0 radical (unpaired) electrons. The molecule has 0 aromatic carbocycles. The zero-order valence-electron chi connectivity index (χ0n) is 9.72. The van der Waals surface area contributed by atoms with Crippen LogP contribution in [0.5, 0.6) is 0 Å². The van der Waals surface area contributed by atoms with Gasteiger partial charge in [0.1, 0.15) is 11.6 Å². The summed E-state index contributed by atoms with van der Waals surface area (Å²) in [6.07, 6.45) is 4.04. The van der Waals surface area contributed by atoms with Crippen molar-refractivity contribution in [1.82, 2.24) is 0 Å². The van der Waals surface area contributed by atoms with Crippen molar-refractivity contribution in [2.75, 3.05) is 5.88 Å². The molecule has 0 saturated heterocycles. The summed E-state index contributed by atoms with van der Waals surface area (Å²) < 4.78 is 0. The Morgan fingerprint density at radius 2 is 1.53 bits per heavy atom. The summed E-state index contributed by atoms with van der Waals surface area (Å²) in [5, 5.41) is 0. The summed E-state index contributed by atoms with van der Waals surface area (Å²) >= 11 is 5.59. The molecular weight excluding hydrogens is 212 g/mol. The van der Waals surface area contributed by atoms with Gasteiger partial charge in [-0.2, -0.15) is 0 Å². The molecule has 0 aromatic heterocycles. The van der Waals surface area contributed by atoms with Crippen molar-refractivity contribution in [1.29, 1.82) is 0 Å². The van der Waals surface area contributed by atoms with Gasteiger partial charge in [-0.1, -0.05) is 13.8 Å². The Bertz CT molecular complexity index is 184. The number of alkyl halides is 1. The Morgan fingerprint density at radius 1 is 1.07 bits per heavy atom. The summed E-state index contributed by atoms with van der Waals surface area (Å²) in [6, 6.07) is 0. The van der Waals surface area contributed by atoms with Crippen LogP contribution in [0.1, 0.15) is 52.4 Å². The number of Topliss-reactive ketones (excluding diaryl/α,β-unsaturated/α-hetero) is 2. The standard InChI is InChI=1S/C12H21ClO2/c1-3-6-11(14)10(8-5-9-13)12(15)7-4-2/h10H,3-9H2,1-2H3. The van der Waals surface area contributed by atoms with Gasteiger partial charge < -0.3 is 0 Å². The number of carbonyl (C=O) groups is 2. The Kier molecular flexibility index (Phi) is 8.68. The van der Waals surface area contributed by atoms with Crippen LogP contribution in [0.25, 0.3) is 0 Å². The number of rotatable bonds is 9. The predicted molar refractivity (Wildman–Crippen MR) is 63.3 cm³/mol. The van der Waals surface area contributed by atoms with Gasteiger partial charge in [0.2, 0.25) is 0 Å². The Balaban J connectivity index is 4.28. The maximum atomic E-state index is 11.7. The molecule has 0 rings (SSSR count). The smallest absolute Gasteiger partial charge is 0.143 e. The molecule has 0 fully saturated rings.